The lowest BCUT2D eigenvalue weighted by molar-refractivity contribution is -0.123. The predicted molar refractivity (Wildman–Crippen MR) is 55.9 cm³/mol. The van der Waals surface area contributed by atoms with E-state index in [1.54, 1.807) is 7.05 Å². The molecular weight excluding hydrogens is 183 g/mol. The van der Waals surface area contributed by atoms with Crippen LogP contribution in [0.1, 0.15) is 20.3 Å². The molecule has 1 atom stereocenters. The maximum atomic E-state index is 12.1. The van der Waals surface area contributed by atoms with Gasteiger partial charge in [-0.15, -0.1) is 0 Å². The van der Waals surface area contributed by atoms with Gasteiger partial charge in [0, 0.05) is 26.1 Å². The highest BCUT2D eigenvalue weighted by Gasteiger charge is 2.17. The van der Waals surface area contributed by atoms with Crippen molar-refractivity contribution in [2.24, 2.45) is 5.92 Å². The Balaban J connectivity index is 0.000000241. The summed E-state index contributed by atoms with van der Waals surface area (Å²) in [7, 11) is 3.59. The van der Waals surface area contributed by atoms with Crippen molar-refractivity contribution < 1.29 is 9.18 Å². The zero-order valence-corrected chi connectivity index (χ0v) is 9.51. The Morgan fingerprint density at radius 2 is 2.14 bits per heavy atom. The molecule has 0 aromatic heterocycles. The fraction of sp³-hybridized carbons (Fsp3) is 0.900. The van der Waals surface area contributed by atoms with Crippen molar-refractivity contribution in [2.75, 3.05) is 27.2 Å². The lowest BCUT2D eigenvalue weighted by Gasteiger charge is -2.01. The quantitative estimate of drug-likeness (QED) is 0.692. The summed E-state index contributed by atoms with van der Waals surface area (Å²) in [5.41, 5.74) is 0. The first kappa shape index (κ1) is 13.4. The molecule has 1 unspecified atom stereocenters. The van der Waals surface area contributed by atoms with Crippen LogP contribution in [0.15, 0.2) is 0 Å². The molecule has 14 heavy (non-hydrogen) atoms. The largest absolute Gasteiger partial charge is 0.359 e. The van der Waals surface area contributed by atoms with Crippen LogP contribution in [0.2, 0.25) is 0 Å². The molecule has 1 aliphatic rings. The second-order valence-electron chi connectivity index (χ2n) is 3.92. The van der Waals surface area contributed by atoms with Gasteiger partial charge in [0.2, 0.25) is 5.91 Å². The van der Waals surface area contributed by atoms with E-state index in [1.807, 2.05) is 25.8 Å². The fourth-order valence-electron chi connectivity index (χ4n) is 1.17. The Labute approximate surface area is 85.7 Å². The highest BCUT2D eigenvalue weighted by Crippen LogP contribution is 2.08. The first-order chi connectivity index (χ1) is 6.47. The van der Waals surface area contributed by atoms with Crippen LogP contribution in [-0.4, -0.2) is 44.2 Å². The minimum Gasteiger partial charge on any atom is -0.359 e. The number of amides is 1. The van der Waals surface area contributed by atoms with Gasteiger partial charge in [-0.25, -0.2) is 4.39 Å². The number of likely N-dealkylation sites (tertiary alicyclic amines) is 1. The SMILES string of the molecule is CN1CCC(F)C1.CNC(=O)C(C)C. The first-order valence-corrected chi connectivity index (χ1v) is 5.01. The molecule has 1 heterocycles. The standard InChI is InChI=1S/C5H10FN.C5H11NO/c1-7-3-2-5(6)4-7;1-4(2)5(7)6-3/h5H,2-4H2,1H3;4H,1-3H3,(H,6,7). The molecule has 0 aromatic rings. The second-order valence-corrected chi connectivity index (χ2v) is 3.92. The van der Waals surface area contributed by atoms with Crippen molar-refractivity contribution in [1.29, 1.82) is 0 Å². The monoisotopic (exact) mass is 204 g/mol. The summed E-state index contributed by atoms with van der Waals surface area (Å²) >= 11 is 0. The van der Waals surface area contributed by atoms with Crippen LogP contribution in [0.3, 0.4) is 0 Å². The molecule has 0 spiro atoms. The Hall–Kier alpha value is -0.640. The van der Waals surface area contributed by atoms with E-state index < -0.39 is 6.17 Å². The van der Waals surface area contributed by atoms with Gasteiger partial charge in [-0.1, -0.05) is 13.8 Å². The van der Waals surface area contributed by atoms with Gasteiger partial charge in [0.25, 0.3) is 0 Å². The van der Waals surface area contributed by atoms with Crippen molar-refractivity contribution in [3.63, 3.8) is 0 Å². The van der Waals surface area contributed by atoms with Crippen LogP contribution in [-0.2, 0) is 4.79 Å². The number of nitrogens with one attached hydrogen (secondary N) is 1. The van der Waals surface area contributed by atoms with Crippen molar-refractivity contribution in [3.8, 4) is 0 Å². The second kappa shape index (κ2) is 6.76. The lowest BCUT2D eigenvalue weighted by atomic mass is 10.2. The van der Waals surface area contributed by atoms with Crippen LogP contribution in [0.25, 0.3) is 0 Å². The summed E-state index contributed by atoms with van der Waals surface area (Å²) in [6.45, 7) is 5.29. The molecule has 0 aliphatic carbocycles. The molecule has 84 valence electrons. The number of hydrogen-bond donors (Lipinski definition) is 1. The molecule has 1 rings (SSSR count). The highest BCUT2D eigenvalue weighted by atomic mass is 19.1. The minimum atomic E-state index is -0.551. The average molecular weight is 204 g/mol. The maximum Gasteiger partial charge on any atom is 0.222 e. The van der Waals surface area contributed by atoms with Gasteiger partial charge >= 0.3 is 0 Å². The van der Waals surface area contributed by atoms with E-state index in [9.17, 15) is 9.18 Å². The van der Waals surface area contributed by atoms with E-state index in [0.29, 0.717) is 6.54 Å². The molecule has 1 N–H and O–H groups in total. The number of alkyl halides is 1. The Morgan fingerprint density at radius 3 is 2.21 bits per heavy atom. The number of carbonyl (C=O) groups is 1. The third-order valence-electron chi connectivity index (χ3n) is 2.10. The molecule has 1 aliphatic heterocycles. The zero-order valence-electron chi connectivity index (χ0n) is 9.51. The van der Waals surface area contributed by atoms with E-state index in [1.165, 1.54) is 0 Å². The fourth-order valence-corrected chi connectivity index (χ4v) is 1.17. The molecule has 0 radical (unpaired) electrons. The van der Waals surface area contributed by atoms with E-state index in [4.69, 9.17) is 0 Å². The molecule has 3 nitrogen and oxygen atoms in total. The average Bonchev–Trinajstić information content (AvgIpc) is 2.49. The van der Waals surface area contributed by atoms with Gasteiger partial charge in [-0.05, 0) is 13.5 Å². The third-order valence-corrected chi connectivity index (χ3v) is 2.10. The van der Waals surface area contributed by atoms with Crippen LogP contribution >= 0.6 is 0 Å². The highest BCUT2D eigenvalue weighted by molar-refractivity contribution is 5.77. The van der Waals surface area contributed by atoms with E-state index in [-0.39, 0.29) is 11.8 Å². The molecule has 1 fully saturated rings. The van der Waals surface area contributed by atoms with E-state index in [2.05, 4.69) is 5.32 Å². The number of rotatable bonds is 1. The molecule has 0 bridgehead atoms. The number of carbonyl (C=O) groups excluding carboxylic acids is 1. The minimum absolute atomic E-state index is 0.0972. The molecule has 1 amide bonds. The number of nitrogens with zero attached hydrogens (tertiary/aromatic N) is 1. The van der Waals surface area contributed by atoms with Gasteiger partial charge in [-0.2, -0.15) is 0 Å². The molecular formula is C10H21FN2O. The van der Waals surface area contributed by atoms with Gasteiger partial charge < -0.3 is 10.2 Å². The topological polar surface area (TPSA) is 32.3 Å². The molecule has 4 heteroatoms. The summed E-state index contributed by atoms with van der Waals surface area (Å²) < 4.78 is 12.1. The van der Waals surface area contributed by atoms with Gasteiger partial charge in [-0.3, -0.25) is 4.79 Å². The van der Waals surface area contributed by atoms with Crippen molar-refractivity contribution >= 4 is 5.91 Å². The van der Waals surface area contributed by atoms with Crippen LogP contribution in [0, 0.1) is 5.92 Å². The van der Waals surface area contributed by atoms with Crippen LogP contribution in [0.5, 0.6) is 0 Å². The summed E-state index contributed by atoms with van der Waals surface area (Å²) in [4.78, 5) is 12.4. The van der Waals surface area contributed by atoms with E-state index >= 15 is 0 Å². The normalized spacial score (nSPS) is 21.7. The van der Waals surface area contributed by atoms with E-state index in [0.717, 1.165) is 13.0 Å². The maximum absolute atomic E-state index is 12.1. The summed E-state index contributed by atoms with van der Waals surface area (Å²) in [5, 5.41) is 2.53. The number of halogens is 1. The van der Waals surface area contributed by atoms with Crippen LogP contribution < -0.4 is 5.32 Å². The van der Waals surface area contributed by atoms with Crippen LogP contribution in [0.4, 0.5) is 4.39 Å². The van der Waals surface area contributed by atoms with Gasteiger partial charge in [0.05, 0.1) is 0 Å². The van der Waals surface area contributed by atoms with Crippen molar-refractivity contribution in [3.05, 3.63) is 0 Å². The first-order valence-electron chi connectivity index (χ1n) is 5.01. The Morgan fingerprint density at radius 1 is 1.57 bits per heavy atom. The lowest BCUT2D eigenvalue weighted by Crippen LogP contribution is -2.22. The predicted octanol–water partition coefficient (Wildman–Crippen LogP) is 1.05. The summed E-state index contributed by atoms with van der Waals surface area (Å²) in [6.07, 6.45) is 0.182. The molecule has 1 saturated heterocycles. The van der Waals surface area contributed by atoms with Gasteiger partial charge in [0.1, 0.15) is 6.17 Å². The molecule has 0 aromatic carbocycles. The summed E-state index contributed by atoms with van der Waals surface area (Å²) in [5.74, 6) is 0.213. The molecule has 0 saturated carbocycles. The van der Waals surface area contributed by atoms with Gasteiger partial charge in [0.15, 0.2) is 0 Å². The van der Waals surface area contributed by atoms with Crippen molar-refractivity contribution in [2.45, 2.75) is 26.4 Å². The number of hydrogen-bond acceptors (Lipinski definition) is 2. The zero-order chi connectivity index (χ0) is 11.1. The Kier molecular flexibility index (Phi) is 6.45. The third kappa shape index (κ3) is 5.91. The van der Waals surface area contributed by atoms with Crippen molar-refractivity contribution in [1.82, 2.24) is 10.2 Å². The smallest absolute Gasteiger partial charge is 0.222 e. The Bertz CT molecular complexity index is 166. The summed E-state index contributed by atoms with van der Waals surface area (Å²) in [6, 6.07) is 0.